The van der Waals surface area contributed by atoms with Crippen molar-refractivity contribution in [1.29, 1.82) is 0 Å². The van der Waals surface area contributed by atoms with Crippen molar-refractivity contribution in [3.05, 3.63) is 90.5 Å². The Morgan fingerprint density at radius 2 is 1.82 bits per heavy atom. The Bertz CT molecular complexity index is 1420. The van der Waals surface area contributed by atoms with E-state index in [4.69, 9.17) is 0 Å². The highest BCUT2D eigenvalue weighted by Crippen LogP contribution is 2.47. The molecule has 1 saturated heterocycles. The summed E-state index contributed by atoms with van der Waals surface area (Å²) in [5.41, 5.74) is -0.135. The highest BCUT2D eigenvalue weighted by molar-refractivity contribution is 5.55. The maximum atomic E-state index is 14.5. The molecular weight excluding hydrogens is 594 g/mol. The van der Waals surface area contributed by atoms with Gasteiger partial charge >= 0.3 is 12.4 Å². The third-order valence-electron chi connectivity index (χ3n) is 9.09. The third kappa shape index (κ3) is 7.48. The Morgan fingerprint density at radius 3 is 2.38 bits per heavy atom. The van der Waals surface area contributed by atoms with Crippen molar-refractivity contribution in [3.8, 4) is 0 Å². The molecule has 45 heavy (non-hydrogen) atoms. The number of hydrogen-bond acceptors (Lipinski definition) is 5. The molecule has 0 bridgehead atoms. The molecule has 0 spiro atoms. The summed E-state index contributed by atoms with van der Waals surface area (Å²) in [5, 5.41) is 8.23. The summed E-state index contributed by atoms with van der Waals surface area (Å²) in [7, 11) is 4.91. The molecule has 2 fully saturated rings. The van der Waals surface area contributed by atoms with Gasteiger partial charge in [-0.15, -0.1) is 23.4 Å². The number of aromatic nitrogens is 3. The van der Waals surface area contributed by atoms with Gasteiger partial charge in [0.2, 0.25) is 0 Å². The van der Waals surface area contributed by atoms with Gasteiger partial charge < -0.3 is 14.4 Å². The molecule has 1 saturated carbocycles. The lowest BCUT2D eigenvalue weighted by molar-refractivity contribution is -0.176. The number of aryl methyl sites for hydroxylation is 1. The molecule has 3 aliphatic rings. The second-order valence-electron chi connectivity index (χ2n) is 12.3. The first kappa shape index (κ1) is 34.3. The molecule has 5 rings (SSSR count). The Balaban J connectivity index is 0.00000226. The first-order valence-electron chi connectivity index (χ1n) is 15.1. The molecule has 2 aromatic rings. The average molecular weight is 637 g/mol. The molecule has 2 atom stereocenters. The Hall–Kier alpha value is -3.54. The number of nitrogens with zero attached hydrogens (tertiary/aromatic N) is 6. The number of rotatable bonds is 7. The summed E-state index contributed by atoms with van der Waals surface area (Å²) in [5.74, 6) is 0.897. The average Bonchev–Trinajstić information content (AvgIpc) is 3.35. The van der Waals surface area contributed by atoms with E-state index < -0.39 is 29.5 Å². The lowest BCUT2D eigenvalue weighted by Gasteiger charge is -2.42. The predicted molar refractivity (Wildman–Crippen MR) is 164 cm³/mol. The van der Waals surface area contributed by atoms with Crippen LogP contribution in [0.3, 0.4) is 0 Å². The standard InChI is InChI=1S/C31H38F6N6.C2H4/c1-21-8-6-13-43(17-21)28(31(35,36)37)22-14-25(30(32,33)34)26(41(3)18-22)19-40(2)24-10-5-9-23(15-24)29(11-7-12-29)16-27-39-38-20-42(27)4;1-2/h5,9-10,14-15,18-21,28H,6-8,11-13,16-17H2,1-4H3;1-2H2/b26-19-;/t21-,28?;/m0./s1. The van der Waals surface area contributed by atoms with Gasteiger partial charge in [-0.3, -0.25) is 4.90 Å². The molecule has 12 heteroatoms. The molecule has 1 aliphatic carbocycles. The molecule has 246 valence electrons. The lowest BCUT2D eigenvalue weighted by atomic mass is 9.62. The van der Waals surface area contributed by atoms with Gasteiger partial charge in [-0.1, -0.05) is 25.5 Å². The zero-order valence-corrected chi connectivity index (χ0v) is 26.3. The van der Waals surface area contributed by atoms with Crippen LogP contribution in [0.2, 0.25) is 0 Å². The Morgan fingerprint density at radius 1 is 1.11 bits per heavy atom. The monoisotopic (exact) mass is 636 g/mol. The van der Waals surface area contributed by atoms with Gasteiger partial charge in [0, 0.05) is 57.6 Å². The summed E-state index contributed by atoms with van der Waals surface area (Å²) in [6.07, 6.45) is 0.335. The number of halogens is 6. The number of allylic oxidation sites excluding steroid dienone is 1. The van der Waals surface area contributed by atoms with E-state index in [1.54, 1.807) is 18.3 Å². The minimum atomic E-state index is -4.86. The lowest BCUT2D eigenvalue weighted by Crippen LogP contribution is -2.51. The molecule has 3 heterocycles. The SMILES string of the molecule is C=C.C[C@H]1CCCN(C(C2=CN(C)/C(=C\N(C)c3cccc(C4(Cc5nncn5C)CCC4)c3)C(C(F)(F)F)=C2)C(F)(F)F)C1. The number of likely N-dealkylation sites (tertiary alicyclic amines) is 1. The first-order chi connectivity index (χ1) is 21.2. The van der Waals surface area contributed by atoms with Crippen LogP contribution >= 0.6 is 0 Å². The van der Waals surface area contributed by atoms with E-state index in [0.717, 1.165) is 42.0 Å². The quantitative estimate of drug-likeness (QED) is 0.232. The highest BCUT2D eigenvalue weighted by atomic mass is 19.4. The zero-order chi connectivity index (χ0) is 33.2. The van der Waals surface area contributed by atoms with Crippen molar-refractivity contribution < 1.29 is 26.3 Å². The second-order valence-corrected chi connectivity index (χ2v) is 12.3. The van der Waals surface area contributed by atoms with Crippen LogP contribution in [-0.2, 0) is 18.9 Å². The number of alkyl halides is 6. The molecule has 0 radical (unpaired) electrons. The van der Waals surface area contributed by atoms with E-state index in [-0.39, 0.29) is 30.1 Å². The Labute approximate surface area is 261 Å². The first-order valence-corrected chi connectivity index (χ1v) is 15.1. The van der Waals surface area contributed by atoms with E-state index >= 15 is 0 Å². The largest absolute Gasteiger partial charge is 0.418 e. The fourth-order valence-corrected chi connectivity index (χ4v) is 6.62. The number of likely N-dealkylation sites (N-methyl/N-ethyl adjacent to an activating group) is 1. The molecule has 2 aliphatic heterocycles. The van der Waals surface area contributed by atoms with Crippen LogP contribution in [0.1, 0.15) is 50.4 Å². The van der Waals surface area contributed by atoms with Gasteiger partial charge in [-0.05, 0) is 67.5 Å². The number of anilines is 1. The summed E-state index contributed by atoms with van der Waals surface area (Å²) in [4.78, 5) is 4.02. The van der Waals surface area contributed by atoms with Gasteiger partial charge in [0.1, 0.15) is 18.2 Å². The van der Waals surface area contributed by atoms with E-state index in [2.05, 4.69) is 23.4 Å². The fraction of sp³-hybridized carbons (Fsp3) is 0.515. The van der Waals surface area contributed by atoms with Gasteiger partial charge in [0.15, 0.2) is 0 Å². The van der Waals surface area contributed by atoms with Gasteiger partial charge in [-0.2, -0.15) is 26.3 Å². The van der Waals surface area contributed by atoms with Gasteiger partial charge in [-0.25, -0.2) is 0 Å². The maximum Gasteiger partial charge on any atom is 0.418 e. The minimum Gasteiger partial charge on any atom is -0.349 e. The molecule has 6 nitrogen and oxygen atoms in total. The van der Waals surface area contributed by atoms with Crippen molar-refractivity contribution >= 4 is 5.69 Å². The van der Waals surface area contributed by atoms with Crippen LogP contribution in [0.25, 0.3) is 0 Å². The third-order valence-corrected chi connectivity index (χ3v) is 9.09. The summed E-state index contributed by atoms with van der Waals surface area (Å²) >= 11 is 0. The number of benzene rings is 1. The van der Waals surface area contributed by atoms with E-state index in [1.807, 2.05) is 42.8 Å². The van der Waals surface area contributed by atoms with E-state index in [0.29, 0.717) is 24.6 Å². The minimum absolute atomic E-state index is 0.0333. The molecule has 1 aromatic carbocycles. The van der Waals surface area contributed by atoms with Crippen molar-refractivity contribution in [1.82, 2.24) is 24.6 Å². The maximum absolute atomic E-state index is 14.5. The second kappa shape index (κ2) is 13.4. The van der Waals surface area contributed by atoms with Crippen molar-refractivity contribution in [2.75, 3.05) is 32.1 Å². The van der Waals surface area contributed by atoms with Crippen molar-refractivity contribution in [2.24, 2.45) is 13.0 Å². The van der Waals surface area contributed by atoms with Crippen molar-refractivity contribution in [3.63, 3.8) is 0 Å². The van der Waals surface area contributed by atoms with E-state index in [1.165, 1.54) is 24.3 Å². The van der Waals surface area contributed by atoms with Crippen LogP contribution in [0, 0.1) is 5.92 Å². The van der Waals surface area contributed by atoms with Crippen LogP contribution in [0.5, 0.6) is 0 Å². The van der Waals surface area contributed by atoms with E-state index in [9.17, 15) is 26.3 Å². The van der Waals surface area contributed by atoms with Crippen LogP contribution < -0.4 is 4.90 Å². The molecule has 0 N–H and O–H groups in total. The van der Waals surface area contributed by atoms with Crippen molar-refractivity contribution in [2.45, 2.75) is 69.3 Å². The molecular formula is C33H42F6N6. The smallest absolute Gasteiger partial charge is 0.349 e. The predicted octanol–water partition coefficient (Wildman–Crippen LogP) is 7.54. The number of piperidine rings is 1. The van der Waals surface area contributed by atoms with Gasteiger partial charge in [0.05, 0.1) is 11.3 Å². The highest BCUT2D eigenvalue weighted by Gasteiger charge is 2.49. The summed E-state index contributed by atoms with van der Waals surface area (Å²) in [6, 6.07) is 5.59. The molecule has 0 amide bonds. The normalized spacial score (nSPS) is 22.1. The molecule has 1 aromatic heterocycles. The zero-order valence-electron chi connectivity index (χ0n) is 26.3. The Kier molecular flexibility index (Phi) is 10.3. The van der Waals surface area contributed by atoms with Crippen LogP contribution in [0.4, 0.5) is 32.0 Å². The fourth-order valence-electron chi connectivity index (χ4n) is 6.62. The molecule has 1 unspecified atom stereocenters. The summed E-state index contributed by atoms with van der Waals surface area (Å²) in [6.45, 7) is 8.23. The van der Waals surface area contributed by atoms with Crippen LogP contribution in [0.15, 0.2) is 79.1 Å². The topological polar surface area (TPSA) is 40.4 Å². The van der Waals surface area contributed by atoms with Crippen LogP contribution in [-0.4, -0.2) is 70.1 Å². The number of hydrogen-bond donors (Lipinski definition) is 0. The summed E-state index contributed by atoms with van der Waals surface area (Å²) < 4.78 is 88.3. The van der Waals surface area contributed by atoms with Gasteiger partial charge in [0.25, 0.3) is 0 Å².